The summed E-state index contributed by atoms with van der Waals surface area (Å²) in [5, 5.41) is 0. The van der Waals surface area contributed by atoms with Gasteiger partial charge in [-0.05, 0) is 61.5 Å². The minimum absolute atomic E-state index is 0.226. The van der Waals surface area contributed by atoms with E-state index in [1.54, 1.807) is 24.3 Å². The summed E-state index contributed by atoms with van der Waals surface area (Å²) in [6.07, 6.45) is 3.49. The van der Waals surface area contributed by atoms with Crippen molar-refractivity contribution in [2.75, 3.05) is 52.6 Å². The molecule has 9 heteroatoms. The van der Waals surface area contributed by atoms with Gasteiger partial charge in [0.15, 0.2) is 9.84 Å². The summed E-state index contributed by atoms with van der Waals surface area (Å²) in [5.41, 5.74) is 1.91. The second-order valence-corrected chi connectivity index (χ2v) is 13.1. The van der Waals surface area contributed by atoms with Crippen LogP contribution in [0.3, 0.4) is 0 Å². The number of likely N-dealkylation sites (tertiary alicyclic amines) is 3. The lowest BCUT2D eigenvalue weighted by atomic mass is 9.76. The molecule has 3 aliphatic rings. The van der Waals surface area contributed by atoms with E-state index >= 15 is 0 Å². The third-order valence-electron chi connectivity index (χ3n) is 8.73. The Labute approximate surface area is 225 Å². The largest absolute Gasteiger partial charge is 0.453 e. The van der Waals surface area contributed by atoms with Gasteiger partial charge in [-0.3, -0.25) is 4.79 Å². The highest BCUT2D eigenvalue weighted by molar-refractivity contribution is 7.90. The summed E-state index contributed by atoms with van der Waals surface area (Å²) >= 11 is 0. The summed E-state index contributed by atoms with van der Waals surface area (Å²) in [6.45, 7) is 5.24. The second kappa shape index (κ2) is 10.7. The molecule has 0 bridgehead atoms. The molecule has 0 radical (unpaired) electrons. The lowest BCUT2D eigenvalue weighted by molar-refractivity contribution is -0.139. The SMILES string of the molecule is COC(=O)N1CC(c2ccccc2)[C@@H](CN2CCC3(CC2)CCN(Cc2ccc(S(C)(=O)=O)cc2)C3=O)C1. The fourth-order valence-corrected chi connectivity index (χ4v) is 7.11. The van der Waals surface area contributed by atoms with E-state index in [9.17, 15) is 18.0 Å². The van der Waals surface area contributed by atoms with Crippen molar-refractivity contribution in [2.24, 2.45) is 11.3 Å². The molecule has 1 spiro atoms. The second-order valence-electron chi connectivity index (χ2n) is 11.1. The van der Waals surface area contributed by atoms with Crippen LogP contribution in [0.2, 0.25) is 0 Å². The Morgan fingerprint density at radius 1 is 0.974 bits per heavy atom. The Morgan fingerprint density at radius 2 is 1.63 bits per heavy atom. The number of carbonyl (C=O) groups is 2. The molecule has 3 saturated heterocycles. The molecule has 0 N–H and O–H groups in total. The highest BCUT2D eigenvalue weighted by atomic mass is 32.2. The van der Waals surface area contributed by atoms with Crippen LogP contribution in [0.15, 0.2) is 59.5 Å². The predicted octanol–water partition coefficient (Wildman–Crippen LogP) is 3.39. The minimum Gasteiger partial charge on any atom is -0.453 e. The van der Waals surface area contributed by atoms with Gasteiger partial charge in [0.1, 0.15) is 0 Å². The summed E-state index contributed by atoms with van der Waals surface area (Å²) < 4.78 is 28.5. The van der Waals surface area contributed by atoms with E-state index in [-0.39, 0.29) is 23.3 Å². The van der Waals surface area contributed by atoms with Crippen LogP contribution >= 0.6 is 0 Å². The van der Waals surface area contributed by atoms with Gasteiger partial charge in [0, 0.05) is 44.9 Å². The van der Waals surface area contributed by atoms with Crippen LogP contribution < -0.4 is 0 Å². The van der Waals surface area contributed by atoms with Crippen molar-refractivity contribution in [1.29, 1.82) is 0 Å². The summed E-state index contributed by atoms with van der Waals surface area (Å²) in [6, 6.07) is 17.2. The average molecular weight is 540 g/mol. The van der Waals surface area contributed by atoms with Gasteiger partial charge in [0.2, 0.25) is 5.91 Å². The van der Waals surface area contributed by atoms with E-state index in [2.05, 4.69) is 29.2 Å². The predicted molar refractivity (Wildman–Crippen MR) is 144 cm³/mol. The zero-order chi connectivity index (χ0) is 26.9. The maximum absolute atomic E-state index is 13.5. The Morgan fingerprint density at radius 3 is 2.26 bits per heavy atom. The molecular formula is C29H37N3O5S. The smallest absolute Gasteiger partial charge is 0.409 e. The Kier molecular flexibility index (Phi) is 7.51. The maximum atomic E-state index is 13.5. The molecule has 0 saturated carbocycles. The third kappa shape index (κ3) is 5.45. The Bertz CT molecular complexity index is 1260. The van der Waals surface area contributed by atoms with Gasteiger partial charge in [-0.2, -0.15) is 0 Å². The van der Waals surface area contributed by atoms with Gasteiger partial charge in [-0.15, -0.1) is 0 Å². The van der Waals surface area contributed by atoms with Gasteiger partial charge >= 0.3 is 6.09 Å². The van der Waals surface area contributed by atoms with Crippen molar-refractivity contribution in [1.82, 2.24) is 14.7 Å². The van der Waals surface area contributed by atoms with E-state index in [0.29, 0.717) is 30.4 Å². The molecular weight excluding hydrogens is 502 g/mol. The number of sulfone groups is 1. The maximum Gasteiger partial charge on any atom is 0.409 e. The first kappa shape index (κ1) is 26.7. The van der Waals surface area contributed by atoms with Crippen molar-refractivity contribution in [3.63, 3.8) is 0 Å². The van der Waals surface area contributed by atoms with Gasteiger partial charge in [0.25, 0.3) is 0 Å². The first-order valence-corrected chi connectivity index (χ1v) is 15.3. The van der Waals surface area contributed by atoms with Crippen molar-refractivity contribution in [3.05, 3.63) is 65.7 Å². The number of amides is 2. The summed E-state index contributed by atoms with van der Waals surface area (Å²) in [7, 11) is -1.80. The molecule has 1 unspecified atom stereocenters. The van der Waals surface area contributed by atoms with E-state index in [1.807, 2.05) is 15.9 Å². The van der Waals surface area contributed by atoms with Crippen LogP contribution in [0, 0.1) is 11.3 Å². The minimum atomic E-state index is -3.23. The van der Waals surface area contributed by atoms with E-state index < -0.39 is 9.84 Å². The van der Waals surface area contributed by atoms with Crippen molar-refractivity contribution in [2.45, 2.75) is 36.6 Å². The number of ether oxygens (including phenoxy) is 1. The molecule has 2 atom stereocenters. The molecule has 2 amide bonds. The Hall–Kier alpha value is -2.91. The average Bonchev–Trinajstić information content (AvgIpc) is 3.47. The van der Waals surface area contributed by atoms with Crippen LogP contribution in [0.5, 0.6) is 0 Å². The monoisotopic (exact) mass is 539 g/mol. The molecule has 38 heavy (non-hydrogen) atoms. The zero-order valence-corrected chi connectivity index (χ0v) is 23.0. The van der Waals surface area contributed by atoms with Crippen LogP contribution in [-0.4, -0.2) is 87.8 Å². The van der Waals surface area contributed by atoms with Crippen LogP contribution in [0.4, 0.5) is 4.79 Å². The first-order chi connectivity index (χ1) is 18.2. The van der Waals surface area contributed by atoms with E-state index in [4.69, 9.17) is 4.74 Å². The number of rotatable bonds is 6. The highest BCUT2D eigenvalue weighted by Crippen LogP contribution is 2.43. The molecule has 204 valence electrons. The molecule has 2 aromatic rings. The number of nitrogens with zero attached hydrogens (tertiary/aromatic N) is 3. The van der Waals surface area contributed by atoms with Crippen molar-refractivity contribution >= 4 is 21.8 Å². The molecule has 3 aliphatic heterocycles. The van der Waals surface area contributed by atoms with E-state index in [1.165, 1.54) is 18.9 Å². The zero-order valence-electron chi connectivity index (χ0n) is 22.2. The summed E-state index contributed by atoms with van der Waals surface area (Å²) in [4.78, 5) is 32.3. The molecule has 5 rings (SSSR count). The normalized spacial score (nSPS) is 23.8. The van der Waals surface area contributed by atoms with Gasteiger partial charge in [0.05, 0.1) is 17.4 Å². The van der Waals surface area contributed by atoms with Gasteiger partial charge in [-0.1, -0.05) is 42.5 Å². The van der Waals surface area contributed by atoms with E-state index in [0.717, 1.165) is 51.0 Å². The van der Waals surface area contributed by atoms with Crippen LogP contribution in [-0.2, 0) is 25.9 Å². The quantitative estimate of drug-likeness (QED) is 0.559. The standard InChI is InChI=1S/C29H37N3O5S/c1-37-28(34)32-20-24(26(21-32)23-6-4-3-5-7-23)19-30-15-12-29(13-16-30)14-17-31(27(29)33)18-22-8-10-25(11-9-22)38(2,35)36/h3-11,24,26H,12-21H2,1-2H3/t24-,26?/m0/s1. The Balaban J connectivity index is 1.19. The van der Waals surface area contributed by atoms with Gasteiger partial charge < -0.3 is 19.4 Å². The molecule has 0 aromatic heterocycles. The lowest BCUT2D eigenvalue weighted by Crippen LogP contribution is -2.46. The van der Waals surface area contributed by atoms with Gasteiger partial charge in [-0.25, -0.2) is 13.2 Å². The molecule has 2 aromatic carbocycles. The number of hydrogen-bond donors (Lipinski definition) is 0. The fraction of sp³-hybridized carbons (Fsp3) is 0.517. The van der Waals surface area contributed by atoms with Crippen molar-refractivity contribution in [3.8, 4) is 0 Å². The molecule has 3 heterocycles. The number of hydrogen-bond acceptors (Lipinski definition) is 6. The van der Waals surface area contributed by atoms with Crippen LogP contribution in [0.1, 0.15) is 36.3 Å². The summed E-state index contributed by atoms with van der Waals surface area (Å²) in [5.74, 6) is 0.810. The van der Waals surface area contributed by atoms with Crippen molar-refractivity contribution < 1.29 is 22.7 Å². The molecule has 3 fully saturated rings. The number of carbonyl (C=O) groups excluding carboxylic acids is 2. The number of piperidine rings is 1. The number of methoxy groups -OCH3 is 1. The topological polar surface area (TPSA) is 87.2 Å². The molecule has 0 aliphatic carbocycles. The van der Waals surface area contributed by atoms with Crippen LogP contribution in [0.25, 0.3) is 0 Å². The molecule has 8 nitrogen and oxygen atoms in total. The lowest BCUT2D eigenvalue weighted by Gasteiger charge is -2.39. The fourth-order valence-electron chi connectivity index (χ4n) is 6.48. The number of benzene rings is 2. The highest BCUT2D eigenvalue weighted by Gasteiger charge is 2.48. The third-order valence-corrected chi connectivity index (χ3v) is 9.86. The first-order valence-electron chi connectivity index (χ1n) is 13.4.